The smallest absolute Gasteiger partial charge is 0.246 e. The van der Waals surface area contributed by atoms with Gasteiger partial charge in [0.25, 0.3) is 0 Å². The second-order valence-electron chi connectivity index (χ2n) is 4.20. The van der Waals surface area contributed by atoms with Gasteiger partial charge in [0, 0.05) is 18.7 Å². The summed E-state index contributed by atoms with van der Waals surface area (Å²) in [6, 6.07) is 7.23. The zero-order chi connectivity index (χ0) is 14.3. The summed E-state index contributed by atoms with van der Waals surface area (Å²) in [7, 11) is 1.62. The number of hydrogen-bond acceptors (Lipinski definition) is 3. The molecule has 0 saturated carbocycles. The van der Waals surface area contributed by atoms with Crippen molar-refractivity contribution >= 4 is 17.5 Å². The van der Waals surface area contributed by atoms with E-state index in [9.17, 15) is 4.79 Å². The van der Waals surface area contributed by atoms with Gasteiger partial charge in [-0.05, 0) is 31.5 Å². The first-order chi connectivity index (χ1) is 9.08. The van der Waals surface area contributed by atoms with Crippen LogP contribution in [0.15, 0.2) is 24.3 Å². The predicted octanol–water partition coefficient (Wildman–Crippen LogP) is 2.57. The molecule has 0 radical (unpaired) electrons. The summed E-state index contributed by atoms with van der Waals surface area (Å²) in [6.07, 6.45) is -0.220. The Labute approximate surface area is 119 Å². The molecule has 0 bridgehead atoms. The SMILES string of the molecule is CCOCC(=O)N[C@@H](C)[C@H](OC)c1ccc(Cl)cc1. The van der Waals surface area contributed by atoms with Crippen LogP contribution in [-0.2, 0) is 14.3 Å². The normalized spacial score (nSPS) is 13.9. The van der Waals surface area contributed by atoms with Crippen LogP contribution in [0.4, 0.5) is 0 Å². The maximum Gasteiger partial charge on any atom is 0.246 e. The molecule has 0 aliphatic carbocycles. The lowest BCUT2D eigenvalue weighted by atomic mass is 10.0. The van der Waals surface area contributed by atoms with Crippen LogP contribution < -0.4 is 5.32 Å². The molecule has 0 aliphatic rings. The average molecular weight is 286 g/mol. The van der Waals surface area contributed by atoms with Crippen LogP contribution in [0.2, 0.25) is 5.02 Å². The number of nitrogens with one attached hydrogen (secondary N) is 1. The van der Waals surface area contributed by atoms with Gasteiger partial charge in [-0.3, -0.25) is 4.79 Å². The number of benzene rings is 1. The summed E-state index contributed by atoms with van der Waals surface area (Å²) in [5.41, 5.74) is 0.969. The van der Waals surface area contributed by atoms with E-state index in [2.05, 4.69) is 5.32 Å². The number of carbonyl (C=O) groups excluding carboxylic acids is 1. The van der Waals surface area contributed by atoms with E-state index in [0.29, 0.717) is 11.6 Å². The van der Waals surface area contributed by atoms with E-state index in [1.807, 2.05) is 26.0 Å². The molecule has 19 heavy (non-hydrogen) atoms. The first-order valence-electron chi connectivity index (χ1n) is 6.23. The van der Waals surface area contributed by atoms with E-state index in [1.54, 1.807) is 19.2 Å². The zero-order valence-corrected chi connectivity index (χ0v) is 12.2. The molecule has 0 spiro atoms. The Morgan fingerprint density at radius 2 is 2.00 bits per heavy atom. The van der Waals surface area contributed by atoms with Gasteiger partial charge >= 0.3 is 0 Å². The fourth-order valence-corrected chi connectivity index (χ4v) is 1.97. The quantitative estimate of drug-likeness (QED) is 0.837. The third-order valence-corrected chi connectivity index (χ3v) is 2.98. The van der Waals surface area contributed by atoms with Gasteiger partial charge in [0.15, 0.2) is 0 Å². The van der Waals surface area contributed by atoms with Gasteiger partial charge in [-0.1, -0.05) is 23.7 Å². The summed E-state index contributed by atoms with van der Waals surface area (Å²) < 4.78 is 10.5. The Morgan fingerprint density at radius 1 is 1.37 bits per heavy atom. The van der Waals surface area contributed by atoms with Gasteiger partial charge in [0.2, 0.25) is 5.91 Å². The fraction of sp³-hybridized carbons (Fsp3) is 0.500. The maximum atomic E-state index is 11.6. The largest absolute Gasteiger partial charge is 0.375 e. The molecule has 0 unspecified atom stereocenters. The minimum atomic E-state index is -0.220. The molecule has 0 fully saturated rings. The molecule has 0 heterocycles. The number of methoxy groups -OCH3 is 1. The molecule has 1 aromatic rings. The van der Waals surface area contributed by atoms with Crippen LogP contribution in [0.25, 0.3) is 0 Å². The van der Waals surface area contributed by atoms with Crippen molar-refractivity contribution in [2.75, 3.05) is 20.3 Å². The number of rotatable bonds is 7. The van der Waals surface area contributed by atoms with Crippen LogP contribution in [0.3, 0.4) is 0 Å². The molecule has 5 heteroatoms. The molecule has 1 N–H and O–H groups in total. The van der Waals surface area contributed by atoms with Crippen LogP contribution in [0.1, 0.15) is 25.5 Å². The summed E-state index contributed by atoms with van der Waals surface area (Å²) in [5.74, 6) is -0.148. The molecule has 1 aromatic carbocycles. The van der Waals surface area contributed by atoms with Crippen LogP contribution in [0.5, 0.6) is 0 Å². The monoisotopic (exact) mass is 285 g/mol. The Morgan fingerprint density at radius 3 is 2.53 bits per heavy atom. The molecular weight excluding hydrogens is 266 g/mol. The van der Waals surface area contributed by atoms with Gasteiger partial charge in [0.05, 0.1) is 6.04 Å². The van der Waals surface area contributed by atoms with E-state index < -0.39 is 0 Å². The third kappa shape index (κ3) is 5.19. The lowest BCUT2D eigenvalue weighted by molar-refractivity contribution is -0.127. The first kappa shape index (κ1) is 16.0. The second-order valence-corrected chi connectivity index (χ2v) is 4.64. The second kappa shape index (κ2) is 8.15. The van der Waals surface area contributed by atoms with Gasteiger partial charge in [-0.15, -0.1) is 0 Å². The molecule has 1 rings (SSSR count). The van der Waals surface area contributed by atoms with E-state index in [4.69, 9.17) is 21.1 Å². The molecule has 2 atom stereocenters. The van der Waals surface area contributed by atoms with E-state index >= 15 is 0 Å². The molecule has 0 aromatic heterocycles. The highest BCUT2D eigenvalue weighted by Gasteiger charge is 2.20. The van der Waals surface area contributed by atoms with E-state index in [1.165, 1.54) is 0 Å². The van der Waals surface area contributed by atoms with Crippen molar-refractivity contribution in [3.05, 3.63) is 34.9 Å². The topological polar surface area (TPSA) is 47.6 Å². The van der Waals surface area contributed by atoms with Crippen molar-refractivity contribution in [2.45, 2.75) is 26.0 Å². The first-order valence-corrected chi connectivity index (χ1v) is 6.61. The van der Waals surface area contributed by atoms with E-state index in [0.717, 1.165) is 5.56 Å². The Hall–Kier alpha value is -1.10. The van der Waals surface area contributed by atoms with Crippen molar-refractivity contribution in [2.24, 2.45) is 0 Å². The molecule has 0 aliphatic heterocycles. The van der Waals surface area contributed by atoms with E-state index in [-0.39, 0.29) is 24.7 Å². The van der Waals surface area contributed by atoms with Gasteiger partial charge in [-0.2, -0.15) is 0 Å². The van der Waals surface area contributed by atoms with Crippen LogP contribution in [0, 0.1) is 0 Å². The minimum absolute atomic E-state index is 0.0674. The highest BCUT2D eigenvalue weighted by molar-refractivity contribution is 6.30. The standard InChI is InChI=1S/C14H20ClNO3/c1-4-19-9-13(17)16-10(2)14(18-3)11-5-7-12(15)8-6-11/h5-8,10,14H,4,9H2,1-3H3,(H,16,17)/t10-,14-/m0/s1. The van der Waals surface area contributed by atoms with Crippen molar-refractivity contribution in [3.63, 3.8) is 0 Å². The summed E-state index contributed by atoms with van der Waals surface area (Å²) in [6.45, 7) is 4.33. The zero-order valence-electron chi connectivity index (χ0n) is 11.5. The summed E-state index contributed by atoms with van der Waals surface area (Å²) in [4.78, 5) is 11.6. The van der Waals surface area contributed by atoms with Gasteiger partial charge in [-0.25, -0.2) is 0 Å². The molecule has 1 amide bonds. The summed E-state index contributed by atoms with van der Waals surface area (Å²) in [5, 5.41) is 3.53. The number of halogens is 1. The van der Waals surface area contributed by atoms with Gasteiger partial charge < -0.3 is 14.8 Å². The van der Waals surface area contributed by atoms with Crippen molar-refractivity contribution in [1.82, 2.24) is 5.32 Å². The number of hydrogen-bond donors (Lipinski definition) is 1. The molecule has 0 saturated heterocycles. The maximum absolute atomic E-state index is 11.6. The Balaban J connectivity index is 2.63. The molecular formula is C14H20ClNO3. The molecule has 106 valence electrons. The summed E-state index contributed by atoms with van der Waals surface area (Å²) >= 11 is 5.85. The minimum Gasteiger partial charge on any atom is -0.375 e. The predicted molar refractivity (Wildman–Crippen MR) is 75.3 cm³/mol. The van der Waals surface area contributed by atoms with Crippen LogP contribution >= 0.6 is 11.6 Å². The van der Waals surface area contributed by atoms with Gasteiger partial charge in [0.1, 0.15) is 12.7 Å². The third-order valence-electron chi connectivity index (χ3n) is 2.73. The number of carbonyl (C=O) groups is 1. The Bertz CT molecular complexity index is 394. The highest BCUT2D eigenvalue weighted by atomic mass is 35.5. The highest BCUT2D eigenvalue weighted by Crippen LogP contribution is 2.22. The lowest BCUT2D eigenvalue weighted by Crippen LogP contribution is -2.39. The number of ether oxygens (including phenoxy) is 2. The fourth-order valence-electron chi connectivity index (χ4n) is 1.85. The average Bonchev–Trinajstić information content (AvgIpc) is 2.39. The van der Waals surface area contributed by atoms with Crippen molar-refractivity contribution in [1.29, 1.82) is 0 Å². The van der Waals surface area contributed by atoms with Crippen molar-refractivity contribution < 1.29 is 14.3 Å². The number of amides is 1. The molecule has 4 nitrogen and oxygen atoms in total. The van der Waals surface area contributed by atoms with Crippen molar-refractivity contribution in [3.8, 4) is 0 Å². The van der Waals surface area contributed by atoms with Crippen LogP contribution in [-0.4, -0.2) is 32.3 Å². The lowest BCUT2D eigenvalue weighted by Gasteiger charge is -2.24. The Kier molecular flexibility index (Phi) is 6.84.